The Bertz CT molecular complexity index is 5310. The van der Waals surface area contributed by atoms with Crippen LogP contribution in [-0.2, 0) is 0 Å². The highest BCUT2D eigenvalue weighted by Gasteiger charge is 2.21. The van der Waals surface area contributed by atoms with Crippen LogP contribution in [-0.4, -0.2) is 55.8 Å². The summed E-state index contributed by atoms with van der Waals surface area (Å²) < 4.78 is 0. The zero-order valence-electron chi connectivity index (χ0n) is 55.7. The van der Waals surface area contributed by atoms with Crippen LogP contribution in [0.3, 0.4) is 0 Å². The normalized spacial score (nSPS) is 11.2. The van der Waals surface area contributed by atoms with Gasteiger partial charge in [0.2, 0.25) is 0 Å². The van der Waals surface area contributed by atoms with E-state index >= 15 is 0 Å². The van der Waals surface area contributed by atoms with Gasteiger partial charge >= 0.3 is 0 Å². The van der Waals surface area contributed by atoms with Crippen LogP contribution in [0, 0.1) is 50.6 Å². The Kier molecular flexibility index (Phi) is 19.2. The molecule has 3 N–H and O–H groups in total. The fraction of sp³-hybridized carbons (Fsp3) is 0. The summed E-state index contributed by atoms with van der Waals surface area (Å²) in [5.41, 5.74) is 21.5. The molecule has 0 amide bonds. The lowest BCUT2D eigenvalue weighted by Gasteiger charge is -2.09. The second-order valence-electron chi connectivity index (χ2n) is 24.5. The zero-order valence-corrected chi connectivity index (χ0v) is 55.7. The van der Waals surface area contributed by atoms with Crippen molar-refractivity contribution >= 4 is 81.1 Å². The number of carbonyl (C=O) groups is 1. The van der Waals surface area contributed by atoms with Crippen molar-refractivity contribution in [3.63, 3.8) is 0 Å². The van der Waals surface area contributed by atoms with Crippen LogP contribution in [0.5, 0.6) is 0 Å². The number of aromatic nitrogens is 5. The van der Waals surface area contributed by atoms with Crippen molar-refractivity contribution in [3.8, 4) is 100 Å². The van der Waals surface area contributed by atoms with E-state index in [2.05, 4.69) is 15.0 Å². The van der Waals surface area contributed by atoms with Gasteiger partial charge in [0.05, 0.1) is 47.4 Å². The lowest BCUT2D eigenvalue weighted by atomic mass is 9.99. The quantitative estimate of drug-likeness (QED) is 0.0489. The number of H-pyrrole nitrogens is 3. The number of benzene rings is 10. The molecule has 0 atom stereocenters. The van der Waals surface area contributed by atoms with Crippen molar-refractivity contribution in [2.24, 2.45) is 0 Å². The maximum absolute atomic E-state index is 11.5. The lowest BCUT2D eigenvalue weighted by molar-refractivity contribution is -0.385. The predicted octanol–water partition coefficient (Wildman–Crippen LogP) is 21.7. The third-order valence-electron chi connectivity index (χ3n) is 18.0. The van der Waals surface area contributed by atoms with Crippen molar-refractivity contribution in [1.29, 1.82) is 0 Å². The minimum Gasteiger partial charge on any atom is -0.368 e. The Morgan fingerprint density at radius 2 is 0.425 bits per heavy atom. The van der Waals surface area contributed by atoms with Crippen LogP contribution in [0.1, 0.15) is 33.1 Å². The molecule has 16 rings (SSSR count). The topological polar surface area (TPSA) is 306 Å². The fourth-order valence-electron chi connectivity index (χ4n) is 12.6. The summed E-state index contributed by atoms with van der Waals surface area (Å²) in [6.07, 6.45) is 12.5. The molecule has 0 saturated carbocycles. The van der Waals surface area contributed by atoms with Crippen LogP contribution in [0.25, 0.3) is 147 Å². The van der Waals surface area contributed by atoms with Gasteiger partial charge in [0.25, 0.3) is 28.4 Å². The van der Waals surface area contributed by atoms with E-state index in [1.165, 1.54) is 60.7 Å². The van der Waals surface area contributed by atoms with Crippen molar-refractivity contribution in [2.75, 3.05) is 0 Å². The van der Waals surface area contributed by atoms with Crippen molar-refractivity contribution in [3.05, 3.63) is 370 Å². The second kappa shape index (κ2) is 29.9. The summed E-state index contributed by atoms with van der Waals surface area (Å²) in [6.45, 7) is 0. The Morgan fingerprint density at radius 1 is 0.245 bits per heavy atom. The number of hydrogen-bond donors (Lipinski definition) is 3. The first-order valence-electron chi connectivity index (χ1n) is 33.0. The number of fused-ring (bicyclic) bond motifs is 8. The molecule has 14 aromatic rings. The van der Waals surface area contributed by atoms with Crippen LogP contribution in [0.15, 0.2) is 291 Å². The molecule has 2 aliphatic rings. The number of nitrogens with zero attached hydrogens (tertiary/aromatic N) is 7. The van der Waals surface area contributed by atoms with E-state index in [9.17, 15) is 55.4 Å². The van der Waals surface area contributed by atoms with E-state index in [0.29, 0.717) is 28.3 Å². The summed E-state index contributed by atoms with van der Waals surface area (Å²) in [4.78, 5) is 86.2. The first kappa shape index (κ1) is 67.9. The highest BCUT2D eigenvalue weighted by molar-refractivity contribution is 6.00. The average Bonchev–Trinajstić information content (AvgIpc) is 1.61. The first-order chi connectivity index (χ1) is 51.6. The van der Waals surface area contributed by atoms with E-state index in [4.69, 9.17) is 9.97 Å². The molecule has 0 fully saturated rings. The van der Waals surface area contributed by atoms with E-state index < -0.39 is 24.6 Å². The van der Waals surface area contributed by atoms with Crippen molar-refractivity contribution < 1.29 is 29.4 Å². The van der Waals surface area contributed by atoms with Gasteiger partial charge in [-0.15, -0.1) is 0 Å². The summed E-state index contributed by atoms with van der Waals surface area (Å²) in [5.74, 6) is 0. The van der Waals surface area contributed by atoms with Gasteiger partial charge in [-0.25, -0.2) is 9.97 Å². The molecule has 10 aromatic carbocycles. The van der Waals surface area contributed by atoms with Gasteiger partial charge < -0.3 is 15.0 Å². The molecule has 512 valence electrons. The Morgan fingerprint density at radius 3 is 0.594 bits per heavy atom. The summed E-state index contributed by atoms with van der Waals surface area (Å²) in [6, 6.07) is 83.1. The highest BCUT2D eigenvalue weighted by Crippen LogP contribution is 2.41. The molecule has 0 unspecified atom stereocenters. The monoisotopic (exact) mass is 1390 g/mol. The van der Waals surface area contributed by atoms with Crippen LogP contribution in [0.4, 0.5) is 28.4 Å². The molecule has 6 heterocycles. The minimum absolute atomic E-state index is 0.00112. The van der Waals surface area contributed by atoms with Crippen molar-refractivity contribution in [2.45, 2.75) is 0 Å². The summed E-state index contributed by atoms with van der Waals surface area (Å²) >= 11 is 0. The molecule has 106 heavy (non-hydrogen) atoms. The smallest absolute Gasteiger partial charge is 0.269 e. The SMILES string of the molecule is O=Cc1ccc(-c2ccc([N+](=O)[O-])cc2)cc1.O=[N+]([O-])c1ccc(-c2ccc(-c3c4nc(c(-c5ccc(-c6ccc([N+](=O)[O-])cc6)cc5)c5ccc([nH]5)c(-c5ccc(-c6ccc([N+](=O)[O-])cc6)cc5)c5nc(c(-c6ccc(-c7ccc([N+](=O)[O-])cc7)cc6)c6ccc3[nH]6)C=C5)C=C4)cc2)cc1.c1cc[nH]c1. The average molecular weight is 1390 g/mol. The molecule has 4 aromatic heterocycles. The van der Waals surface area contributed by atoms with Crippen LogP contribution in [0.2, 0.25) is 0 Å². The molecule has 0 saturated heterocycles. The molecule has 8 bridgehead atoms. The molecule has 0 spiro atoms. The van der Waals surface area contributed by atoms with E-state index in [0.717, 1.165) is 128 Å². The molecular weight excluding hydrogens is 1340 g/mol. The molecule has 21 nitrogen and oxygen atoms in total. The number of nitro groups is 5. The number of aromatic amines is 3. The Balaban J connectivity index is 0.000000366. The number of nitro benzene ring substituents is 5. The highest BCUT2D eigenvalue weighted by atomic mass is 16.6. The Labute approximate surface area is 602 Å². The van der Waals surface area contributed by atoms with E-state index in [-0.39, 0.29) is 28.4 Å². The van der Waals surface area contributed by atoms with Gasteiger partial charge in [-0.05, 0) is 199 Å². The third-order valence-corrected chi connectivity index (χ3v) is 18.0. The van der Waals surface area contributed by atoms with Gasteiger partial charge in [0, 0.05) is 123 Å². The summed E-state index contributed by atoms with van der Waals surface area (Å²) in [7, 11) is 0. The molecule has 0 radical (unpaired) electrons. The molecular formula is C85H56N10O11. The third kappa shape index (κ3) is 14.7. The maximum Gasteiger partial charge on any atom is 0.269 e. The Hall–Kier alpha value is -15.3. The van der Waals surface area contributed by atoms with Crippen LogP contribution >= 0.6 is 0 Å². The number of nitrogens with one attached hydrogen (secondary N) is 3. The van der Waals surface area contributed by atoms with E-state index in [1.54, 1.807) is 72.8 Å². The molecule has 21 heteroatoms. The van der Waals surface area contributed by atoms with Gasteiger partial charge in [-0.3, -0.25) is 55.4 Å². The van der Waals surface area contributed by atoms with E-state index in [1.807, 2.05) is 182 Å². The van der Waals surface area contributed by atoms with Crippen molar-refractivity contribution in [1.82, 2.24) is 24.9 Å². The van der Waals surface area contributed by atoms with Gasteiger partial charge in [0.15, 0.2) is 0 Å². The number of hydrogen-bond acceptors (Lipinski definition) is 13. The number of aldehydes is 1. The molecule has 0 aliphatic carbocycles. The summed E-state index contributed by atoms with van der Waals surface area (Å²) in [5, 5.41) is 56.5. The first-order valence-corrected chi connectivity index (χ1v) is 33.0. The minimum atomic E-state index is -0.431. The predicted molar refractivity (Wildman–Crippen MR) is 414 cm³/mol. The van der Waals surface area contributed by atoms with Crippen LogP contribution < -0.4 is 0 Å². The standard InChI is InChI=1S/C68H42N8O8.C13H9NO3.C4H5N/c77-73(78)53-25-17-45(18-26-53)41-1-9-49(10-2-41)65-57-33-35-59(69-57)66(50-11-3-42(4-12-50)46-19-27-54(28-20-46)74(79)80)61-37-39-63(71-61)68(52-15-7-44(8-16-52)48-23-31-56(32-24-48)76(83)84)64-40-38-62(72-64)67(60-36-34-58(65)70-60)51-13-5-43(6-14-51)47-21-29-55(30-22-47)75(81)82;15-9-10-1-3-11(4-2-10)12-5-7-13(8-6-12)14(16)17;1-2-4-5-3-1/h1-40,69,72H;1-9H;1-5H. The van der Waals surface area contributed by atoms with Gasteiger partial charge in [0.1, 0.15) is 6.29 Å². The number of rotatable bonds is 15. The fourth-order valence-corrected chi connectivity index (χ4v) is 12.6. The second-order valence-corrected chi connectivity index (χ2v) is 24.5. The van der Waals surface area contributed by atoms with Gasteiger partial charge in [-0.2, -0.15) is 0 Å². The number of non-ortho nitro benzene ring substituents is 5. The zero-order chi connectivity index (χ0) is 73.4. The maximum atomic E-state index is 11.5. The lowest BCUT2D eigenvalue weighted by Crippen LogP contribution is -1.90. The number of carbonyl (C=O) groups excluding carboxylic acids is 1. The van der Waals surface area contributed by atoms with Gasteiger partial charge in [-0.1, -0.05) is 121 Å². The molecule has 2 aliphatic heterocycles. The largest absolute Gasteiger partial charge is 0.368 e.